The molecule has 0 radical (unpaired) electrons. The summed E-state index contributed by atoms with van der Waals surface area (Å²) in [6.07, 6.45) is 1.27. The van der Waals surface area contributed by atoms with Crippen molar-refractivity contribution in [3.63, 3.8) is 0 Å². The first-order valence-electron chi connectivity index (χ1n) is 10.0. The number of hydrogen-bond acceptors (Lipinski definition) is 5. The smallest absolute Gasteiger partial charge is 0.241 e. The van der Waals surface area contributed by atoms with Gasteiger partial charge in [-0.1, -0.05) is 11.6 Å². The lowest BCUT2D eigenvalue weighted by molar-refractivity contribution is -0.123. The first-order valence-corrected chi connectivity index (χ1v) is 10.4. The number of phenolic OH excluding ortho intramolecular Hbond substituents is 1. The van der Waals surface area contributed by atoms with Crippen molar-refractivity contribution in [2.24, 2.45) is 13.0 Å². The number of carbonyl (C=O) groups is 2. The monoisotopic (exact) mass is 433 g/mol. The molecule has 1 atom stereocenters. The number of rotatable bonds is 5. The van der Waals surface area contributed by atoms with Crippen LogP contribution in [0.15, 0.2) is 18.2 Å². The van der Waals surface area contributed by atoms with Crippen molar-refractivity contribution < 1.29 is 14.7 Å². The number of hydrogen-bond donors (Lipinski definition) is 3. The fraction of sp³-hybridized carbons (Fsp3) is 0.476. The molecule has 1 unspecified atom stereocenters. The fourth-order valence-electron chi connectivity index (χ4n) is 3.74. The molecule has 2 aromatic rings. The zero-order chi connectivity index (χ0) is 22.0. The summed E-state index contributed by atoms with van der Waals surface area (Å²) in [5, 5.41) is 20.4. The van der Waals surface area contributed by atoms with Gasteiger partial charge in [-0.15, -0.1) is 0 Å². The highest BCUT2D eigenvalue weighted by atomic mass is 35.5. The second-order valence-electron chi connectivity index (χ2n) is 7.80. The molecule has 1 aliphatic heterocycles. The standard InChI is InChI=1S/C21H28ClN5O3/c1-12-19(13(2)26(4)25-12)24-20(29)14(3)27-9-7-15(8-10-27)21(30)23-17-11-16(22)5-6-18(17)28/h5-6,11,14-15,28H,7-10H2,1-4H3,(H,23,30)(H,24,29). The number of piperidine rings is 1. The molecule has 2 amide bonds. The number of aromatic hydroxyl groups is 1. The molecule has 162 valence electrons. The number of aryl methyl sites for hydroxylation is 2. The van der Waals surface area contributed by atoms with Crippen LogP contribution in [0, 0.1) is 19.8 Å². The highest BCUT2D eigenvalue weighted by Crippen LogP contribution is 2.28. The minimum atomic E-state index is -0.315. The number of aromatic nitrogens is 2. The second kappa shape index (κ2) is 9.06. The SMILES string of the molecule is Cc1nn(C)c(C)c1NC(=O)C(C)N1CCC(C(=O)Nc2cc(Cl)ccc2O)CC1. The zero-order valence-electron chi connectivity index (χ0n) is 17.7. The molecule has 3 N–H and O–H groups in total. The highest BCUT2D eigenvalue weighted by Gasteiger charge is 2.30. The molecule has 0 aliphatic carbocycles. The van der Waals surface area contributed by atoms with Crippen LogP contribution in [0.5, 0.6) is 5.75 Å². The molecule has 1 saturated heterocycles. The molecule has 1 aliphatic rings. The van der Waals surface area contributed by atoms with Gasteiger partial charge < -0.3 is 15.7 Å². The molecule has 30 heavy (non-hydrogen) atoms. The van der Waals surface area contributed by atoms with E-state index in [2.05, 4.69) is 20.6 Å². The van der Waals surface area contributed by atoms with Gasteiger partial charge in [-0.3, -0.25) is 19.2 Å². The van der Waals surface area contributed by atoms with E-state index in [4.69, 9.17) is 11.6 Å². The van der Waals surface area contributed by atoms with E-state index in [1.807, 2.05) is 27.8 Å². The van der Waals surface area contributed by atoms with Crippen LogP contribution in [0.2, 0.25) is 5.02 Å². The van der Waals surface area contributed by atoms with Crippen LogP contribution in [0.4, 0.5) is 11.4 Å². The zero-order valence-corrected chi connectivity index (χ0v) is 18.5. The molecule has 2 heterocycles. The van der Waals surface area contributed by atoms with Gasteiger partial charge in [0.2, 0.25) is 11.8 Å². The molecule has 3 rings (SSSR count). The maximum absolute atomic E-state index is 12.7. The van der Waals surface area contributed by atoms with Gasteiger partial charge in [-0.25, -0.2) is 0 Å². The van der Waals surface area contributed by atoms with E-state index >= 15 is 0 Å². The van der Waals surface area contributed by atoms with E-state index in [-0.39, 0.29) is 29.5 Å². The number of nitrogens with zero attached hydrogens (tertiary/aromatic N) is 3. The van der Waals surface area contributed by atoms with Crippen molar-refractivity contribution in [2.75, 3.05) is 23.7 Å². The number of nitrogens with one attached hydrogen (secondary N) is 2. The molecule has 9 heteroatoms. The number of halogens is 1. The summed E-state index contributed by atoms with van der Waals surface area (Å²) in [7, 11) is 1.85. The van der Waals surface area contributed by atoms with Gasteiger partial charge in [0, 0.05) is 18.0 Å². The third kappa shape index (κ3) is 4.76. The maximum Gasteiger partial charge on any atom is 0.241 e. The van der Waals surface area contributed by atoms with E-state index in [1.54, 1.807) is 10.7 Å². The van der Waals surface area contributed by atoms with Crippen LogP contribution in [-0.2, 0) is 16.6 Å². The van der Waals surface area contributed by atoms with Gasteiger partial charge in [0.05, 0.1) is 28.8 Å². The number of likely N-dealkylation sites (tertiary alicyclic amines) is 1. The lowest BCUT2D eigenvalue weighted by atomic mass is 9.94. The Balaban J connectivity index is 1.54. The van der Waals surface area contributed by atoms with E-state index < -0.39 is 0 Å². The van der Waals surface area contributed by atoms with Crippen LogP contribution in [0.25, 0.3) is 0 Å². The average Bonchev–Trinajstić information content (AvgIpc) is 2.96. The molecule has 0 spiro atoms. The Morgan fingerprint density at radius 3 is 2.50 bits per heavy atom. The molecule has 1 aromatic carbocycles. The van der Waals surface area contributed by atoms with Gasteiger partial charge in [0.25, 0.3) is 0 Å². The van der Waals surface area contributed by atoms with Crippen molar-refractivity contribution in [2.45, 2.75) is 39.7 Å². The molecular formula is C21H28ClN5O3. The van der Waals surface area contributed by atoms with Crippen molar-refractivity contribution in [3.8, 4) is 5.75 Å². The third-order valence-corrected chi connectivity index (χ3v) is 6.04. The lowest BCUT2D eigenvalue weighted by Gasteiger charge is -2.34. The van der Waals surface area contributed by atoms with Crippen LogP contribution < -0.4 is 10.6 Å². The quantitative estimate of drug-likeness (QED) is 0.629. The second-order valence-corrected chi connectivity index (χ2v) is 8.23. The highest BCUT2D eigenvalue weighted by molar-refractivity contribution is 6.31. The molecule has 1 aromatic heterocycles. The molecule has 8 nitrogen and oxygen atoms in total. The number of phenols is 1. The van der Waals surface area contributed by atoms with Crippen molar-refractivity contribution in [1.29, 1.82) is 0 Å². The average molecular weight is 434 g/mol. The first kappa shape index (κ1) is 22.1. The third-order valence-electron chi connectivity index (χ3n) is 5.80. The van der Waals surface area contributed by atoms with Gasteiger partial charge in [0.1, 0.15) is 5.75 Å². The summed E-state index contributed by atoms with van der Waals surface area (Å²) in [5.74, 6) is -0.430. The van der Waals surface area contributed by atoms with Gasteiger partial charge in [-0.2, -0.15) is 5.10 Å². The number of anilines is 2. The van der Waals surface area contributed by atoms with Gasteiger partial charge >= 0.3 is 0 Å². The summed E-state index contributed by atoms with van der Waals surface area (Å²) in [6, 6.07) is 4.22. The van der Waals surface area contributed by atoms with Crippen LogP contribution in [0.3, 0.4) is 0 Å². The minimum absolute atomic E-state index is 0.0172. The Morgan fingerprint density at radius 1 is 1.23 bits per heavy atom. The Kier molecular flexibility index (Phi) is 6.67. The summed E-state index contributed by atoms with van der Waals surface area (Å²) < 4.78 is 1.75. The number of benzene rings is 1. The van der Waals surface area contributed by atoms with Crippen molar-refractivity contribution in [1.82, 2.24) is 14.7 Å². The topological polar surface area (TPSA) is 99.5 Å². The predicted molar refractivity (Wildman–Crippen MR) is 117 cm³/mol. The summed E-state index contributed by atoms with van der Waals surface area (Å²) >= 11 is 5.94. The molecular weight excluding hydrogens is 406 g/mol. The van der Waals surface area contributed by atoms with E-state index in [0.717, 1.165) is 17.1 Å². The maximum atomic E-state index is 12.7. The van der Waals surface area contributed by atoms with Crippen LogP contribution in [0.1, 0.15) is 31.2 Å². The van der Waals surface area contributed by atoms with Gasteiger partial charge in [0.15, 0.2) is 0 Å². The van der Waals surface area contributed by atoms with Crippen molar-refractivity contribution >= 4 is 34.8 Å². The molecule has 1 fully saturated rings. The lowest BCUT2D eigenvalue weighted by Crippen LogP contribution is -2.47. The van der Waals surface area contributed by atoms with Crippen molar-refractivity contribution in [3.05, 3.63) is 34.6 Å². The Morgan fingerprint density at radius 2 is 1.90 bits per heavy atom. The Hall–Kier alpha value is -2.58. The molecule has 0 bridgehead atoms. The predicted octanol–water partition coefficient (Wildman–Crippen LogP) is 3.07. The van der Waals surface area contributed by atoms with E-state index in [1.165, 1.54) is 12.1 Å². The fourth-order valence-corrected chi connectivity index (χ4v) is 3.91. The number of carbonyl (C=O) groups excluding carboxylic acids is 2. The molecule has 0 saturated carbocycles. The Bertz CT molecular complexity index is 950. The van der Waals surface area contributed by atoms with E-state index in [0.29, 0.717) is 36.6 Å². The van der Waals surface area contributed by atoms with E-state index in [9.17, 15) is 14.7 Å². The summed E-state index contributed by atoms with van der Waals surface area (Å²) in [5.41, 5.74) is 2.76. The van der Waals surface area contributed by atoms with Crippen LogP contribution in [-0.4, -0.2) is 50.7 Å². The first-order chi connectivity index (χ1) is 14.2. The largest absolute Gasteiger partial charge is 0.506 e. The summed E-state index contributed by atoms with van der Waals surface area (Å²) in [6.45, 7) is 6.94. The Labute approximate surface area is 181 Å². The minimum Gasteiger partial charge on any atom is -0.506 e. The number of amides is 2. The van der Waals surface area contributed by atoms with Gasteiger partial charge in [-0.05, 0) is 64.9 Å². The van der Waals surface area contributed by atoms with Crippen LogP contribution >= 0.6 is 11.6 Å². The summed E-state index contributed by atoms with van der Waals surface area (Å²) in [4.78, 5) is 27.4. The normalized spacial score (nSPS) is 16.3.